The molecule has 0 aromatic heterocycles. The van der Waals surface area contributed by atoms with Gasteiger partial charge in [-0.05, 0) is 43.9 Å². The van der Waals surface area contributed by atoms with Gasteiger partial charge in [0.25, 0.3) is 0 Å². The van der Waals surface area contributed by atoms with E-state index in [1.807, 2.05) is 11.8 Å². The number of nitrogens with zero attached hydrogens (tertiary/aromatic N) is 2. The van der Waals surface area contributed by atoms with Gasteiger partial charge in [0.2, 0.25) is 5.91 Å². The number of piperidine rings is 1. The number of hydrogen-bond donors (Lipinski definition) is 2. The van der Waals surface area contributed by atoms with Gasteiger partial charge in [0.1, 0.15) is 5.82 Å². The van der Waals surface area contributed by atoms with Crippen molar-refractivity contribution >= 4 is 35.8 Å². The highest BCUT2D eigenvalue weighted by Gasteiger charge is 2.33. The molecule has 164 valence electrons. The number of likely N-dealkylation sites (tertiary alicyclic amines) is 1. The average molecular weight is 530 g/mol. The number of carbonyl (C=O) groups is 1. The molecule has 1 saturated heterocycles. The minimum absolute atomic E-state index is 0. The van der Waals surface area contributed by atoms with E-state index >= 15 is 0 Å². The molecule has 5 nitrogen and oxygen atoms in total. The van der Waals surface area contributed by atoms with Crippen molar-refractivity contribution in [2.75, 3.05) is 20.1 Å². The molecule has 10 heteroatoms. The summed E-state index contributed by atoms with van der Waals surface area (Å²) in [5, 5.41) is 5.70. The number of amides is 1. The van der Waals surface area contributed by atoms with Crippen molar-refractivity contribution in [2.45, 2.75) is 51.4 Å². The molecule has 0 saturated carbocycles. The van der Waals surface area contributed by atoms with Crippen LogP contribution in [0.3, 0.4) is 0 Å². The molecular weight excluding hydrogens is 503 g/mol. The summed E-state index contributed by atoms with van der Waals surface area (Å²) in [6, 6.07) is 2.80. The first-order valence-electron chi connectivity index (χ1n) is 9.32. The number of benzene rings is 1. The van der Waals surface area contributed by atoms with Crippen molar-refractivity contribution in [1.29, 1.82) is 0 Å². The largest absolute Gasteiger partial charge is 0.416 e. The molecule has 0 aliphatic carbocycles. The van der Waals surface area contributed by atoms with Gasteiger partial charge in [0, 0.05) is 39.1 Å². The van der Waals surface area contributed by atoms with Gasteiger partial charge in [-0.2, -0.15) is 13.2 Å². The molecule has 2 N–H and O–H groups in total. The Balaban J connectivity index is 0.00000420. The molecule has 1 heterocycles. The summed E-state index contributed by atoms with van der Waals surface area (Å²) in [5.74, 6) is -0.617. The third-order valence-corrected chi connectivity index (χ3v) is 4.80. The standard InChI is InChI=1S/C19H26F4N4O.HI/c1-13-5-3-4-10-27(13)17(28)8-9-25-18(24-2)26-12-14-6-7-15(20)11-16(14)19(21,22)23;/h6-7,11,13H,3-5,8-10,12H2,1-2H3,(H2,24,25,26);1H. The van der Waals surface area contributed by atoms with Gasteiger partial charge in [0.05, 0.1) is 5.56 Å². The van der Waals surface area contributed by atoms with Crippen LogP contribution in [0.2, 0.25) is 0 Å². The quantitative estimate of drug-likeness (QED) is 0.263. The maximum Gasteiger partial charge on any atom is 0.416 e. The highest BCUT2D eigenvalue weighted by Crippen LogP contribution is 2.32. The van der Waals surface area contributed by atoms with E-state index in [0.717, 1.165) is 37.9 Å². The molecule has 1 aliphatic rings. The van der Waals surface area contributed by atoms with Gasteiger partial charge < -0.3 is 15.5 Å². The van der Waals surface area contributed by atoms with Crippen LogP contribution in [0.15, 0.2) is 23.2 Å². The minimum Gasteiger partial charge on any atom is -0.356 e. The number of guanidine groups is 1. The molecule has 1 aromatic carbocycles. The number of hydrogen-bond acceptors (Lipinski definition) is 2. The Hall–Kier alpha value is -1.59. The van der Waals surface area contributed by atoms with Crippen molar-refractivity contribution in [3.63, 3.8) is 0 Å². The van der Waals surface area contributed by atoms with Crippen molar-refractivity contribution < 1.29 is 22.4 Å². The fourth-order valence-electron chi connectivity index (χ4n) is 3.27. The maximum atomic E-state index is 13.2. The second kappa shape index (κ2) is 11.6. The van der Waals surface area contributed by atoms with Crippen LogP contribution in [0, 0.1) is 5.82 Å². The van der Waals surface area contributed by atoms with Crippen molar-refractivity contribution in [3.8, 4) is 0 Å². The molecule has 0 spiro atoms. The summed E-state index contributed by atoms with van der Waals surface area (Å²) in [5.41, 5.74) is -1.11. The van der Waals surface area contributed by atoms with Crippen LogP contribution in [0.25, 0.3) is 0 Å². The number of carbonyl (C=O) groups excluding carboxylic acids is 1. The normalized spacial score (nSPS) is 17.5. The second-order valence-corrected chi connectivity index (χ2v) is 6.83. The first kappa shape index (κ1) is 25.4. The fourth-order valence-corrected chi connectivity index (χ4v) is 3.27. The summed E-state index contributed by atoms with van der Waals surface area (Å²) in [7, 11) is 1.49. The van der Waals surface area contributed by atoms with Gasteiger partial charge >= 0.3 is 6.18 Å². The fraction of sp³-hybridized carbons (Fsp3) is 0.579. The van der Waals surface area contributed by atoms with Crippen molar-refractivity contribution in [1.82, 2.24) is 15.5 Å². The summed E-state index contributed by atoms with van der Waals surface area (Å²) < 4.78 is 52.3. The Morgan fingerprint density at radius 1 is 1.28 bits per heavy atom. The smallest absolute Gasteiger partial charge is 0.356 e. The number of nitrogens with one attached hydrogen (secondary N) is 2. The summed E-state index contributed by atoms with van der Waals surface area (Å²) >= 11 is 0. The lowest BCUT2D eigenvalue weighted by Gasteiger charge is -2.33. The van der Waals surface area contributed by atoms with Crippen LogP contribution >= 0.6 is 24.0 Å². The Morgan fingerprint density at radius 3 is 2.62 bits per heavy atom. The van der Waals surface area contributed by atoms with Crippen LogP contribution in [0.5, 0.6) is 0 Å². The molecule has 0 bridgehead atoms. The molecule has 1 fully saturated rings. The molecule has 2 rings (SSSR count). The third-order valence-electron chi connectivity index (χ3n) is 4.80. The topological polar surface area (TPSA) is 56.7 Å². The zero-order valence-corrected chi connectivity index (χ0v) is 18.8. The number of rotatable bonds is 5. The molecular formula is C19H27F4IN4O. The van der Waals surface area contributed by atoms with Crippen LogP contribution in [0.1, 0.15) is 43.7 Å². The SMILES string of the molecule is CN=C(NCCC(=O)N1CCCCC1C)NCc1ccc(F)cc1C(F)(F)F.I. The zero-order valence-electron chi connectivity index (χ0n) is 16.5. The van der Waals surface area contributed by atoms with E-state index in [2.05, 4.69) is 15.6 Å². The Morgan fingerprint density at radius 2 is 2.00 bits per heavy atom. The lowest BCUT2D eigenvalue weighted by molar-refractivity contribution is -0.138. The Labute approximate surface area is 185 Å². The summed E-state index contributed by atoms with van der Waals surface area (Å²) in [6.07, 6.45) is -1.24. The molecule has 29 heavy (non-hydrogen) atoms. The monoisotopic (exact) mass is 530 g/mol. The minimum atomic E-state index is -4.65. The van der Waals surface area contributed by atoms with Crippen molar-refractivity contribution in [2.24, 2.45) is 4.99 Å². The van der Waals surface area contributed by atoms with E-state index in [1.54, 1.807) is 0 Å². The Kier molecular flexibility index (Phi) is 10.1. The van der Waals surface area contributed by atoms with Gasteiger partial charge in [-0.1, -0.05) is 6.07 Å². The molecule has 1 amide bonds. The van der Waals surface area contributed by atoms with Gasteiger partial charge in [0.15, 0.2) is 5.96 Å². The summed E-state index contributed by atoms with van der Waals surface area (Å²) in [4.78, 5) is 18.1. The second-order valence-electron chi connectivity index (χ2n) is 6.83. The predicted molar refractivity (Wildman–Crippen MR) is 115 cm³/mol. The maximum absolute atomic E-state index is 13.2. The number of aliphatic imine (C=N–C) groups is 1. The number of halogens is 5. The van der Waals surface area contributed by atoms with Gasteiger partial charge in [-0.15, -0.1) is 24.0 Å². The molecule has 1 atom stereocenters. The average Bonchev–Trinajstić information content (AvgIpc) is 2.64. The van der Waals surface area contributed by atoms with Crippen LogP contribution in [-0.4, -0.2) is 42.9 Å². The first-order valence-corrected chi connectivity index (χ1v) is 9.32. The highest BCUT2D eigenvalue weighted by atomic mass is 127. The van der Waals surface area contributed by atoms with E-state index in [0.29, 0.717) is 12.6 Å². The Bertz CT molecular complexity index is 712. The zero-order chi connectivity index (χ0) is 20.7. The van der Waals surface area contributed by atoms with E-state index in [9.17, 15) is 22.4 Å². The van der Waals surface area contributed by atoms with Crippen LogP contribution < -0.4 is 10.6 Å². The number of alkyl halides is 3. The van der Waals surface area contributed by atoms with Crippen LogP contribution in [-0.2, 0) is 17.5 Å². The van der Waals surface area contributed by atoms with E-state index in [1.165, 1.54) is 7.05 Å². The molecule has 1 aromatic rings. The molecule has 1 unspecified atom stereocenters. The van der Waals surface area contributed by atoms with Gasteiger partial charge in [-0.25, -0.2) is 4.39 Å². The molecule has 1 aliphatic heterocycles. The van der Waals surface area contributed by atoms with Crippen LogP contribution in [0.4, 0.5) is 17.6 Å². The first-order chi connectivity index (χ1) is 13.2. The van der Waals surface area contributed by atoms with E-state index in [-0.39, 0.29) is 60.4 Å². The van der Waals surface area contributed by atoms with E-state index in [4.69, 9.17) is 0 Å². The molecule has 0 radical (unpaired) electrons. The summed E-state index contributed by atoms with van der Waals surface area (Å²) in [6.45, 7) is 2.94. The lowest BCUT2D eigenvalue weighted by Crippen LogP contribution is -2.44. The third kappa shape index (κ3) is 7.63. The lowest BCUT2D eigenvalue weighted by atomic mass is 10.0. The van der Waals surface area contributed by atoms with E-state index < -0.39 is 17.6 Å². The highest BCUT2D eigenvalue weighted by molar-refractivity contribution is 14.0. The predicted octanol–water partition coefficient (Wildman–Crippen LogP) is 3.92. The van der Waals surface area contributed by atoms with Crippen molar-refractivity contribution in [3.05, 3.63) is 35.1 Å². The van der Waals surface area contributed by atoms with Gasteiger partial charge in [-0.3, -0.25) is 9.79 Å².